The molecule has 0 saturated heterocycles. The Morgan fingerprint density at radius 2 is 1.78 bits per heavy atom. The molecule has 0 aliphatic heterocycles. The SMILES string of the molecule is CSc1ccc(-c2cnn(Cc3ccccc3)c(=O)c2Cl)cc1. The van der Waals surface area contributed by atoms with E-state index in [0.29, 0.717) is 12.1 Å². The van der Waals surface area contributed by atoms with Gasteiger partial charge in [-0.3, -0.25) is 4.79 Å². The predicted molar refractivity (Wildman–Crippen MR) is 96.3 cm³/mol. The van der Waals surface area contributed by atoms with Crippen LogP contribution >= 0.6 is 23.4 Å². The van der Waals surface area contributed by atoms with Crippen LogP contribution in [0.2, 0.25) is 5.02 Å². The van der Waals surface area contributed by atoms with E-state index in [9.17, 15) is 4.79 Å². The summed E-state index contributed by atoms with van der Waals surface area (Å²) in [5, 5.41) is 4.47. The molecule has 0 N–H and O–H groups in total. The van der Waals surface area contributed by atoms with Crippen LogP contribution in [0, 0.1) is 0 Å². The van der Waals surface area contributed by atoms with E-state index in [1.54, 1.807) is 18.0 Å². The maximum atomic E-state index is 12.5. The molecule has 0 aliphatic rings. The standard InChI is InChI=1S/C18H15ClN2OS/c1-23-15-9-7-14(8-10-15)16-11-20-21(18(22)17(16)19)12-13-5-3-2-4-6-13/h2-11H,12H2,1H3. The largest absolute Gasteiger partial charge is 0.286 e. The summed E-state index contributed by atoms with van der Waals surface area (Å²) < 4.78 is 1.39. The van der Waals surface area contributed by atoms with Crippen molar-refractivity contribution in [2.24, 2.45) is 0 Å². The topological polar surface area (TPSA) is 34.9 Å². The van der Waals surface area contributed by atoms with E-state index in [0.717, 1.165) is 16.0 Å². The fraction of sp³-hybridized carbons (Fsp3) is 0.111. The van der Waals surface area contributed by atoms with Crippen molar-refractivity contribution in [2.45, 2.75) is 11.4 Å². The number of aromatic nitrogens is 2. The third kappa shape index (κ3) is 3.49. The molecule has 1 heterocycles. The van der Waals surface area contributed by atoms with Crippen LogP contribution in [0.25, 0.3) is 11.1 Å². The van der Waals surface area contributed by atoms with Gasteiger partial charge in [-0.1, -0.05) is 54.1 Å². The van der Waals surface area contributed by atoms with Gasteiger partial charge in [-0.15, -0.1) is 11.8 Å². The molecule has 3 aromatic rings. The van der Waals surface area contributed by atoms with Crippen LogP contribution in [-0.2, 0) is 6.54 Å². The van der Waals surface area contributed by atoms with Gasteiger partial charge in [-0.2, -0.15) is 5.10 Å². The Morgan fingerprint density at radius 1 is 1.09 bits per heavy atom. The summed E-state index contributed by atoms with van der Waals surface area (Å²) >= 11 is 7.96. The van der Waals surface area contributed by atoms with Gasteiger partial charge >= 0.3 is 0 Å². The normalized spacial score (nSPS) is 10.7. The van der Waals surface area contributed by atoms with Gasteiger partial charge in [-0.25, -0.2) is 4.68 Å². The first-order valence-corrected chi connectivity index (χ1v) is 8.73. The molecule has 0 radical (unpaired) electrons. The van der Waals surface area contributed by atoms with E-state index in [1.807, 2.05) is 60.9 Å². The molecular weight excluding hydrogens is 328 g/mol. The van der Waals surface area contributed by atoms with Crippen LogP contribution in [0.3, 0.4) is 0 Å². The summed E-state index contributed by atoms with van der Waals surface area (Å²) in [5.41, 5.74) is 2.29. The maximum absolute atomic E-state index is 12.5. The van der Waals surface area contributed by atoms with Gasteiger partial charge in [0.15, 0.2) is 0 Å². The first-order chi connectivity index (χ1) is 11.2. The van der Waals surface area contributed by atoms with Gasteiger partial charge < -0.3 is 0 Å². The zero-order valence-electron chi connectivity index (χ0n) is 12.6. The molecule has 0 atom stereocenters. The van der Waals surface area contributed by atoms with Crippen molar-refractivity contribution >= 4 is 23.4 Å². The van der Waals surface area contributed by atoms with E-state index in [-0.39, 0.29) is 10.6 Å². The molecule has 2 aromatic carbocycles. The van der Waals surface area contributed by atoms with Gasteiger partial charge in [0.05, 0.1) is 12.7 Å². The lowest BCUT2D eigenvalue weighted by Gasteiger charge is -2.09. The average molecular weight is 343 g/mol. The van der Waals surface area contributed by atoms with Gasteiger partial charge in [-0.05, 0) is 29.5 Å². The van der Waals surface area contributed by atoms with Crippen molar-refractivity contribution in [3.05, 3.63) is 81.7 Å². The fourth-order valence-corrected chi connectivity index (χ4v) is 2.97. The quantitative estimate of drug-likeness (QED) is 0.662. The first-order valence-electron chi connectivity index (χ1n) is 7.13. The number of thioether (sulfide) groups is 1. The van der Waals surface area contributed by atoms with Crippen molar-refractivity contribution in [1.82, 2.24) is 9.78 Å². The van der Waals surface area contributed by atoms with Gasteiger partial charge in [0.1, 0.15) is 5.02 Å². The maximum Gasteiger partial charge on any atom is 0.286 e. The summed E-state index contributed by atoms with van der Waals surface area (Å²) in [6, 6.07) is 17.6. The number of benzene rings is 2. The monoisotopic (exact) mass is 342 g/mol. The molecule has 116 valence electrons. The Labute approximate surface area is 143 Å². The molecule has 1 aromatic heterocycles. The minimum atomic E-state index is -0.276. The van der Waals surface area contributed by atoms with Crippen molar-refractivity contribution in [3.63, 3.8) is 0 Å². The van der Waals surface area contributed by atoms with E-state index < -0.39 is 0 Å². The predicted octanol–water partition coefficient (Wildman–Crippen LogP) is 4.33. The van der Waals surface area contributed by atoms with Crippen LogP contribution in [0.15, 0.2) is 70.5 Å². The van der Waals surface area contributed by atoms with Gasteiger partial charge in [0.2, 0.25) is 0 Å². The molecular formula is C18H15ClN2OS. The van der Waals surface area contributed by atoms with Crippen LogP contribution in [0.5, 0.6) is 0 Å². The van der Waals surface area contributed by atoms with Gasteiger partial charge in [0, 0.05) is 10.5 Å². The molecule has 0 spiro atoms. The Balaban J connectivity index is 1.95. The fourth-order valence-electron chi connectivity index (χ4n) is 2.31. The smallest absolute Gasteiger partial charge is 0.266 e. The Hall–Kier alpha value is -2.04. The summed E-state index contributed by atoms with van der Waals surface area (Å²) in [6.07, 6.45) is 3.68. The van der Waals surface area contributed by atoms with E-state index >= 15 is 0 Å². The average Bonchev–Trinajstić information content (AvgIpc) is 2.60. The number of nitrogens with zero attached hydrogens (tertiary/aromatic N) is 2. The zero-order valence-corrected chi connectivity index (χ0v) is 14.1. The summed E-state index contributed by atoms with van der Waals surface area (Å²) in [7, 11) is 0. The number of hydrogen-bond donors (Lipinski definition) is 0. The minimum absolute atomic E-state index is 0.202. The molecule has 0 fully saturated rings. The zero-order chi connectivity index (χ0) is 16.2. The lowest BCUT2D eigenvalue weighted by molar-refractivity contribution is 0.640. The number of halogens is 1. The molecule has 0 bridgehead atoms. The number of hydrogen-bond acceptors (Lipinski definition) is 3. The van der Waals surface area contributed by atoms with E-state index in [1.165, 1.54) is 4.68 Å². The van der Waals surface area contributed by atoms with Crippen molar-refractivity contribution < 1.29 is 0 Å². The minimum Gasteiger partial charge on any atom is -0.266 e. The van der Waals surface area contributed by atoms with Crippen molar-refractivity contribution in [1.29, 1.82) is 0 Å². The van der Waals surface area contributed by atoms with Crippen LogP contribution in [0.4, 0.5) is 0 Å². The molecule has 3 rings (SSSR count). The number of rotatable bonds is 4. The van der Waals surface area contributed by atoms with Crippen LogP contribution < -0.4 is 5.56 Å². The molecule has 0 amide bonds. The Morgan fingerprint density at radius 3 is 2.43 bits per heavy atom. The lowest BCUT2D eigenvalue weighted by atomic mass is 10.1. The second-order valence-corrected chi connectivity index (χ2v) is 6.31. The summed E-state index contributed by atoms with van der Waals surface area (Å²) in [4.78, 5) is 13.6. The third-order valence-corrected chi connectivity index (χ3v) is 4.67. The van der Waals surface area contributed by atoms with E-state index in [4.69, 9.17) is 11.6 Å². The third-order valence-electron chi connectivity index (χ3n) is 3.56. The molecule has 23 heavy (non-hydrogen) atoms. The molecule has 0 unspecified atom stereocenters. The molecule has 0 aliphatic carbocycles. The highest BCUT2D eigenvalue weighted by Crippen LogP contribution is 2.26. The van der Waals surface area contributed by atoms with Crippen LogP contribution in [0.1, 0.15) is 5.56 Å². The van der Waals surface area contributed by atoms with E-state index in [2.05, 4.69) is 5.10 Å². The second kappa shape index (κ2) is 7.02. The highest BCUT2D eigenvalue weighted by Gasteiger charge is 2.11. The molecule has 0 saturated carbocycles. The highest BCUT2D eigenvalue weighted by atomic mass is 35.5. The Kier molecular flexibility index (Phi) is 4.84. The summed E-state index contributed by atoms with van der Waals surface area (Å²) in [6.45, 7) is 0.408. The highest BCUT2D eigenvalue weighted by molar-refractivity contribution is 7.98. The van der Waals surface area contributed by atoms with Gasteiger partial charge in [0.25, 0.3) is 5.56 Å². The molecule has 5 heteroatoms. The first kappa shape index (κ1) is 15.8. The van der Waals surface area contributed by atoms with Crippen LogP contribution in [-0.4, -0.2) is 16.0 Å². The molecule has 3 nitrogen and oxygen atoms in total. The van der Waals surface area contributed by atoms with Crippen molar-refractivity contribution in [2.75, 3.05) is 6.26 Å². The van der Waals surface area contributed by atoms with Crippen molar-refractivity contribution in [3.8, 4) is 11.1 Å². The summed E-state index contributed by atoms with van der Waals surface area (Å²) in [5.74, 6) is 0. The second-order valence-electron chi connectivity index (χ2n) is 5.05. The Bertz CT molecular complexity index is 860. The lowest BCUT2D eigenvalue weighted by Crippen LogP contribution is -2.24.